The normalized spacial score (nSPS) is 14.2. The van der Waals surface area contributed by atoms with Crippen LogP contribution in [0.15, 0.2) is 48.5 Å². The van der Waals surface area contributed by atoms with Gasteiger partial charge in [-0.3, -0.25) is 14.5 Å². The number of ether oxygens (including phenoxy) is 1. The van der Waals surface area contributed by atoms with Gasteiger partial charge in [0.1, 0.15) is 5.75 Å². The quantitative estimate of drug-likeness (QED) is 0.312. The molecule has 0 N–H and O–H groups in total. The summed E-state index contributed by atoms with van der Waals surface area (Å²) < 4.78 is 5.43. The van der Waals surface area contributed by atoms with Gasteiger partial charge in [-0.05, 0) is 30.7 Å². The number of piperazine rings is 1. The molecule has 3 rings (SSSR count). The monoisotopic (exact) mass is 545 g/mol. The Bertz CT molecular complexity index is 1070. The first-order valence-electron chi connectivity index (χ1n) is 13.0. The van der Waals surface area contributed by atoms with Crippen molar-refractivity contribution in [1.82, 2.24) is 14.7 Å². The predicted octanol–water partition coefficient (Wildman–Crippen LogP) is 5.88. The minimum absolute atomic E-state index is 0.0736. The lowest BCUT2D eigenvalue weighted by Crippen LogP contribution is -2.50. The highest BCUT2D eigenvalue weighted by atomic mass is 35.5. The molecule has 200 valence electrons. The number of hydrogen-bond acceptors (Lipinski definition) is 4. The van der Waals surface area contributed by atoms with E-state index in [0.717, 1.165) is 50.2 Å². The Labute approximate surface area is 230 Å². The number of hydrogen-bond donors (Lipinski definition) is 0. The fourth-order valence-corrected chi connectivity index (χ4v) is 4.87. The summed E-state index contributed by atoms with van der Waals surface area (Å²) in [5, 5.41) is 0.885. The van der Waals surface area contributed by atoms with E-state index in [4.69, 9.17) is 27.9 Å². The Morgan fingerprint density at radius 2 is 1.81 bits per heavy atom. The van der Waals surface area contributed by atoms with Crippen molar-refractivity contribution >= 4 is 41.1 Å². The van der Waals surface area contributed by atoms with E-state index in [0.29, 0.717) is 48.2 Å². The second kappa shape index (κ2) is 15.0. The number of benzene rings is 2. The van der Waals surface area contributed by atoms with Crippen LogP contribution in [0.4, 0.5) is 0 Å². The van der Waals surface area contributed by atoms with Crippen LogP contribution in [0.2, 0.25) is 10.0 Å². The molecule has 0 radical (unpaired) electrons. The molecule has 0 atom stereocenters. The molecule has 0 aliphatic carbocycles. The maximum atomic E-state index is 13.0. The summed E-state index contributed by atoms with van der Waals surface area (Å²) in [5.41, 5.74) is 1.47. The summed E-state index contributed by atoms with van der Waals surface area (Å²) in [5.74, 6) is 0.923. The van der Waals surface area contributed by atoms with E-state index in [-0.39, 0.29) is 11.8 Å². The molecule has 2 amide bonds. The van der Waals surface area contributed by atoms with Crippen molar-refractivity contribution in [1.29, 1.82) is 0 Å². The number of nitrogens with zero attached hydrogens (tertiary/aromatic N) is 3. The standard InChI is InChI=1S/C29H37Cl2N3O3/c1-3-4-5-12-28(35)33(15-8-10-23-9-6-7-11-27(23)37-2)19-16-32-17-20-34(21-18-32)29(36)25-14-13-24(30)22-26(25)31/h6-11,13-14,22H,3-5,12,15-21H2,1-2H3. The van der Waals surface area contributed by atoms with Gasteiger partial charge in [-0.1, -0.05) is 73.3 Å². The van der Waals surface area contributed by atoms with Gasteiger partial charge in [-0.15, -0.1) is 0 Å². The minimum atomic E-state index is -0.0736. The van der Waals surface area contributed by atoms with Gasteiger partial charge in [0.25, 0.3) is 5.91 Å². The number of carbonyl (C=O) groups excluding carboxylic acids is 2. The van der Waals surface area contributed by atoms with Crippen molar-refractivity contribution in [2.45, 2.75) is 32.6 Å². The molecule has 0 aromatic heterocycles. The largest absolute Gasteiger partial charge is 0.496 e. The van der Waals surface area contributed by atoms with E-state index in [9.17, 15) is 9.59 Å². The van der Waals surface area contributed by atoms with Gasteiger partial charge in [0.2, 0.25) is 5.91 Å². The Morgan fingerprint density at radius 3 is 2.51 bits per heavy atom. The highest BCUT2D eigenvalue weighted by Gasteiger charge is 2.24. The van der Waals surface area contributed by atoms with Gasteiger partial charge in [0.15, 0.2) is 0 Å². The first kappa shape index (κ1) is 29.0. The van der Waals surface area contributed by atoms with Crippen LogP contribution in [0.25, 0.3) is 6.08 Å². The lowest BCUT2D eigenvalue weighted by atomic mass is 10.1. The highest BCUT2D eigenvalue weighted by molar-refractivity contribution is 6.36. The van der Waals surface area contributed by atoms with Crippen molar-refractivity contribution in [3.63, 3.8) is 0 Å². The molecule has 2 aromatic rings. The summed E-state index contributed by atoms with van der Waals surface area (Å²) in [6.45, 7) is 6.87. The molecular formula is C29H37Cl2N3O3. The Balaban J connectivity index is 1.54. The Hall–Kier alpha value is -2.54. The zero-order valence-electron chi connectivity index (χ0n) is 21.8. The molecule has 0 unspecified atom stereocenters. The molecule has 2 aromatic carbocycles. The lowest BCUT2D eigenvalue weighted by Gasteiger charge is -2.36. The van der Waals surface area contributed by atoms with Crippen LogP contribution >= 0.6 is 23.2 Å². The van der Waals surface area contributed by atoms with Gasteiger partial charge in [0.05, 0.1) is 17.7 Å². The molecule has 0 spiro atoms. The van der Waals surface area contributed by atoms with E-state index in [1.165, 1.54) is 0 Å². The Kier molecular flexibility index (Phi) is 11.8. The second-order valence-electron chi connectivity index (χ2n) is 9.20. The van der Waals surface area contributed by atoms with Crippen molar-refractivity contribution in [3.05, 3.63) is 69.7 Å². The van der Waals surface area contributed by atoms with E-state index in [1.807, 2.05) is 46.2 Å². The third-order valence-corrected chi connectivity index (χ3v) is 7.16. The van der Waals surface area contributed by atoms with Crippen LogP contribution in [0, 0.1) is 0 Å². The summed E-state index contributed by atoms with van der Waals surface area (Å²) in [6.07, 6.45) is 7.67. The third kappa shape index (κ3) is 8.77. The van der Waals surface area contributed by atoms with E-state index >= 15 is 0 Å². The average Bonchev–Trinajstić information content (AvgIpc) is 2.91. The molecule has 1 heterocycles. The van der Waals surface area contributed by atoms with Crippen LogP contribution < -0.4 is 4.74 Å². The van der Waals surface area contributed by atoms with Crippen LogP contribution in [0.3, 0.4) is 0 Å². The summed E-state index contributed by atoms with van der Waals surface area (Å²) in [6, 6.07) is 12.8. The van der Waals surface area contributed by atoms with E-state index in [1.54, 1.807) is 25.3 Å². The predicted molar refractivity (Wildman–Crippen MR) is 152 cm³/mol. The number of amides is 2. The number of para-hydroxylation sites is 1. The summed E-state index contributed by atoms with van der Waals surface area (Å²) in [7, 11) is 1.66. The van der Waals surface area contributed by atoms with Crippen LogP contribution in [-0.2, 0) is 4.79 Å². The van der Waals surface area contributed by atoms with Gasteiger partial charge < -0.3 is 14.5 Å². The maximum Gasteiger partial charge on any atom is 0.255 e. The van der Waals surface area contributed by atoms with Crippen LogP contribution in [-0.4, -0.2) is 79.4 Å². The van der Waals surface area contributed by atoms with Gasteiger partial charge in [-0.25, -0.2) is 0 Å². The Morgan fingerprint density at radius 1 is 1.05 bits per heavy atom. The molecule has 0 bridgehead atoms. The molecule has 6 nitrogen and oxygen atoms in total. The van der Waals surface area contributed by atoms with Crippen molar-refractivity contribution in [3.8, 4) is 5.75 Å². The minimum Gasteiger partial charge on any atom is -0.496 e. The van der Waals surface area contributed by atoms with Crippen molar-refractivity contribution in [2.75, 3.05) is 52.9 Å². The average molecular weight is 547 g/mol. The number of carbonyl (C=O) groups is 2. The lowest BCUT2D eigenvalue weighted by molar-refractivity contribution is -0.131. The maximum absolute atomic E-state index is 13.0. The zero-order valence-corrected chi connectivity index (χ0v) is 23.3. The van der Waals surface area contributed by atoms with E-state index < -0.39 is 0 Å². The smallest absolute Gasteiger partial charge is 0.255 e. The fourth-order valence-electron chi connectivity index (χ4n) is 4.38. The number of rotatable bonds is 12. The topological polar surface area (TPSA) is 53.1 Å². The van der Waals surface area contributed by atoms with Gasteiger partial charge in [-0.2, -0.15) is 0 Å². The van der Waals surface area contributed by atoms with Crippen molar-refractivity contribution in [2.24, 2.45) is 0 Å². The van der Waals surface area contributed by atoms with Gasteiger partial charge in [0, 0.05) is 62.8 Å². The first-order chi connectivity index (χ1) is 17.9. The van der Waals surface area contributed by atoms with Gasteiger partial charge >= 0.3 is 0 Å². The third-order valence-electron chi connectivity index (χ3n) is 6.62. The number of unbranched alkanes of at least 4 members (excludes halogenated alkanes) is 2. The van der Waals surface area contributed by atoms with E-state index in [2.05, 4.69) is 11.8 Å². The molecule has 37 heavy (non-hydrogen) atoms. The second-order valence-corrected chi connectivity index (χ2v) is 10.0. The molecular weight excluding hydrogens is 509 g/mol. The summed E-state index contributed by atoms with van der Waals surface area (Å²) in [4.78, 5) is 32.0. The highest BCUT2D eigenvalue weighted by Crippen LogP contribution is 2.23. The SMILES string of the molecule is CCCCCC(=O)N(CC=Cc1ccccc1OC)CCN1CCN(C(=O)c2ccc(Cl)cc2Cl)CC1. The van der Waals surface area contributed by atoms with Crippen LogP contribution in [0.5, 0.6) is 5.75 Å². The summed E-state index contributed by atoms with van der Waals surface area (Å²) >= 11 is 12.2. The zero-order chi connectivity index (χ0) is 26.6. The molecule has 1 aliphatic heterocycles. The molecule has 1 saturated heterocycles. The first-order valence-corrected chi connectivity index (χ1v) is 13.7. The molecule has 1 aliphatic rings. The van der Waals surface area contributed by atoms with Crippen molar-refractivity contribution < 1.29 is 14.3 Å². The number of methoxy groups -OCH3 is 1. The fraction of sp³-hybridized carbons (Fsp3) is 0.448. The molecule has 8 heteroatoms. The number of halogens is 2. The molecule has 1 fully saturated rings. The molecule has 0 saturated carbocycles. The van der Waals surface area contributed by atoms with Crippen LogP contribution in [0.1, 0.15) is 48.5 Å².